The van der Waals surface area contributed by atoms with Gasteiger partial charge in [-0.1, -0.05) is 38.3 Å². The average Bonchev–Trinajstić information content (AvgIpc) is 2.51. The Labute approximate surface area is 160 Å². The van der Waals surface area contributed by atoms with Gasteiger partial charge in [-0.3, -0.25) is 4.79 Å². The maximum atomic E-state index is 12.1. The number of hydrogen-bond acceptors (Lipinski definition) is 5. The van der Waals surface area contributed by atoms with Gasteiger partial charge in [0.25, 0.3) is 5.91 Å². The molecule has 1 N–H and O–H groups in total. The zero-order chi connectivity index (χ0) is 19.9. The van der Waals surface area contributed by atoms with Crippen molar-refractivity contribution in [2.45, 2.75) is 51.0 Å². The lowest BCUT2D eigenvalue weighted by Gasteiger charge is -2.14. The summed E-state index contributed by atoms with van der Waals surface area (Å²) in [6, 6.07) is 3.75. The Morgan fingerprint density at radius 1 is 1.19 bits per heavy atom. The second-order valence-electron chi connectivity index (χ2n) is 6.78. The molecule has 1 rings (SSSR count). The highest BCUT2D eigenvalue weighted by molar-refractivity contribution is 7.90. The van der Waals surface area contributed by atoms with E-state index < -0.39 is 28.3 Å². The van der Waals surface area contributed by atoms with Crippen molar-refractivity contribution in [2.75, 3.05) is 12.9 Å². The van der Waals surface area contributed by atoms with Gasteiger partial charge in [0.1, 0.15) is 0 Å². The number of esters is 1. The van der Waals surface area contributed by atoms with Gasteiger partial charge >= 0.3 is 5.97 Å². The number of halogens is 1. The smallest absolute Gasteiger partial charge is 0.340 e. The number of nitrogens with one attached hydrogen (secondary N) is 1. The second-order valence-corrected chi connectivity index (χ2v) is 9.21. The predicted octanol–water partition coefficient (Wildman–Crippen LogP) is 3.23. The first kappa shape index (κ1) is 22.4. The average molecular weight is 404 g/mol. The van der Waals surface area contributed by atoms with Gasteiger partial charge in [0.15, 0.2) is 16.4 Å². The molecule has 146 valence electrons. The maximum absolute atomic E-state index is 12.1. The van der Waals surface area contributed by atoms with Crippen LogP contribution in [0.3, 0.4) is 0 Å². The van der Waals surface area contributed by atoms with Crippen LogP contribution >= 0.6 is 11.6 Å². The summed E-state index contributed by atoms with van der Waals surface area (Å²) in [5, 5.41) is 2.83. The van der Waals surface area contributed by atoms with Crippen LogP contribution < -0.4 is 5.32 Å². The van der Waals surface area contributed by atoms with E-state index in [1.165, 1.54) is 12.1 Å². The first-order valence-corrected chi connectivity index (χ1v) is 10.7. The quantitative estimate of drug-likeness (QED) is 0.639. The molecule has 0 saturated heterocycles. The fourth-order valence-electron chi connectivity index (χ4n) is 2.32. The molecule has 1 atom stereocenters. The van der Waals surface area contributed by atoms with Crippen LogP contribution in [0.2, 0.25) is 5.02 Å². The van der Waals surface area contributed by atoms with Gasteiger partial charge in [-0.25, -0.2) is 13.2 Å². The highest BCUT2D eigenvalue weighted by Gasteiger charge is 2.18. The van der Waals surface area contributed by atoms with Crippen molar-refractivity contribution in [2.24, 2.45) is 5.92 Å². The molecule has 0 aliphatic rings. The number of hydrogen-bond donors (Lipinski definition) is 1. The van der Waals surface area contributed by atoms with Crippen molar-refractivity contribution >= 4 is 33.3 Å². The van der Waals surface area contributed by atoms with Crippen LogP contribution in [-0.4, -0.2) is 39.2 Å². The number of sulfone groups is 1. The third-order valence-corrected chi connectivity index (χ3v) is 5.19. The van der Waals surface area contributed by atoms with Crippen molar-refractivity contribution in [3.63, 3.8) is 0 Å². The molecule has 0 bridgehead atoms. The standard InChI is InChI=1S/C18H26ClNO5S/c1-12(2)6-5-7-13(3)20-17(21)11-25-18(22)15-10-14(26(4,23)24)8-9-16(15)19/h8-10,12-13H,5-7,11H2,1-4H3,(H,20,21)/t13-/m1/s1. The minimum atomic E-state index is -3.48. The number of ether oxygens (including phenoxy) is 1. The third kappa shape index (κ3) is 7.74. The fraction of sp³-hybridized carbons (Fsp3) is 0.556. The lowest BCUT2D eigenvalue weighted by Crippen LogP contribution is -2.35. The minimum absolute atomic E-state index is 0.0166. The Morgan fingerprint density at radius 2 is 1.85 bits per heavy atom. The molecule has 0 aromatic heterocycles. The molecule has 0 aliphatic carbocycles. The van der Waals surface area contributed by atoms with Crippen LogP contribution in [0.25, 0.3) is 0 Å². The number of rotatable bonds is 9. The minimum Gasteiger partial charge on any atom is -0.452 e. The fourth-order valence-corrected chi connectivity index (χ4v) is 3.16. The highest BCUT2D eigenvalue weighted by atomic mass is 35.5. The summed E-state index contributed by atoms with van der Waals surface area (Å²) >= 11 is 5.93. The van der Waals surface area contributed by atoms with E-state index >= 15 is 0 Å². The van der Waals surface area contributed by atoms with Crippen LogP contribution in [-0.2, 0) is 19.4 Å². The van der Waals surface area contributed by atoms with Crippen molar-refractivity contribution in [3.05, 3.63) is 28.8 Å². The van der Waals surface area contributed by atoms with E-state index in [1.807, 2.05) is 6.92 Å². The van der Waals surface area contributed by atoms with E-state index in [9.17, 15) is 18.0 Å². The van der Waals surface area contributed by atoms with Gasteiger partial charge < -0.3 is 10.1 Å². The molecule has 6 nitrogen and oxygen atoms in total. The largest absolute Gasteiger partial charge is 0.452 e. The molecule has 0 saturated carbocycles. The Bertz CT molecular complexity index is 746. The van der Waals surface area contributed by atoms with Gasteiger partial charge in [0.2, 0.25) is 0 Å². The molecule has 0 aliphatic heterocycles. The van der Waals surface area contributed by atoms with E-state index in [0.717, 1.165) is 31.6 Å². The van der Waals surface area contributed by atoms with Crippen molar-refractivity contribution in [1.29, 1.82) is 0 Å². The van der Waals surface area contributed by atoms with Gasteiger partial charge in [-0.2, -0.15) is 0 Å². The summed E-state index contributed by atoms with van der Waals surface area (Å²) in [7, 11) is -3.48. The number of carbonyl (C=O) groups is 2. The molecule has 1 amide bonds. The predicted molar refractivity (Wildman–Crippen MR) is 101 cm³/mol. The summed E-state index contributed by atoms with van der Waals surface area (Å²) in [4.78, 5) is 23.9. The molecule has 8 heteroatoms. The molecular formula is C18H26ClNO5S. The highest BCUT2D eigenvalue weighted by Crippen LogP contribution is 2.21. The molecule has 0 spiro atoms. The van der Waals surface area contributed by atoms with Gasteiger partial charge in [-0.05, 0) is 37.5 Å². The Morgan fingerprint density at radius 3 is 2.42 bits per heavy atom. The summed E-state index contributed by atoms with van der Waals surface area (Å²) in [5.74, 6) is -0.639. The van der Waals surface area contributed by atoms with E-state index in [2.05, 4.69) is 19.2 Å². The Hall–Kier alpha value is -1.60. The van der Waals surface area contributed by atoms with Crippen LogP contribution in [0.15, 0.2) is 23.1 Å². The zero-order valence-corrected chi connectivity index (χ0v) is 17.1. The summed E-state index contributed by atoms with van der Waals surface area (Å²) in [6.45, 7) is 5.73. The number of amides is 1. The first-order valence-electron chi connectivity index (χ1n) is 8.46. The van der Waals surface area contributed by atoms with E-state index in [0.29, 0.717) is 5.92 Å². The topological polar surface area (TPSA) is 89.5 Å². The monoisotopic (exact) mass is 403 g/mol. The van der Waals surface area contributed by atoms with Crippen molar-refractivity contribution < 1.29 is 22.7 Å². The lowest BCUT2D eigenvalue weighted by atomic mass is 10.0. The maximum Gasteiger partial charge on any atom is 0.340 e. The van der Waals surface area contributed by atoms with E-state index in [4.69, 9.17) is 16.3 Å². The van der Waals surface area contributed by atoms with E-state index in [-0.39, 0.29) is 21.5 Å². The van der Waals surface area contributed by atoms with Crippen LogP contribution in [0.5, 0.6) is 0 Å². The molecular weight excluding hydrogens is 378 g/mol. The number of carbonyl (C=O) groups excluding carboxylic acids is 2. The van der Waals surface area contributed by atoms with Gasteiger partial charge in [0, 0.05) is 12.3 Å². The zero-order valence-electron chi connectivity index (χ0n) is 15.5. The molecule has 0 unspecified atom stereocenters. The molecule has 26 heavy (non-hydrogen) atoms. The molecule has 1 aromatic rings. The Balaban J connectivity index is 2.57. The number of benzene rings is 1. The van der Waals surface area contributed by atoms with E-state index in [1.54, 1.807) is 0 Å². The third-order valence-electron chi connectivity index (χ3n) is 3.75. The van der Waals surface area contributed by atoms with Crippen LogP contribution in [0.1, 0.15) is 50.4 Å². The normalized spacial score (nSPS) is 12.7. The van der Waals surface area contributed by atoms with Crippen molar-refractivity contribution in [1.82, 2.24) is 5.32 Å². The molecule has 0 heterocycles. The Kier molecular flexibility index (Phi) is 8.56. The van der Waals surface area contributed by atoms with Crippen molar-refractivity contribution in [3.8, 4) is 0 Å². The van der Waals surface area contributed by atoms with Crippen LogP contribution in [0, 0.1) is 5.92 Å². The van der Waals surface area contributed by atoms with Gasteiger partial charge in [-0.15, -0.1) is 0 Å². The summed E-state index contributed by atoms with van der Waals surface area (Å²) < 4.78 is 28.1. The van der Waals surface area contributed by atoms with Crippen LogP contribution in [0.4, 0.5) is 0 Å². The van der Waals surface area contributed by atoms with Gasteiger partial charge in [0.05, 0.1) is 15.5 Å². The SMILES string of the molecule is CC(C)CCC[C@@H](C)NC(=O)COC(=O)c1cc(S(C)(=O)=O)ccc1Cl. The molecule has 0 radical (unpaired) electrons. The summed E-state index contributed by atoms with van der Waals surface area (Å²) in [5.41, 5.74) is -0.0904. The molecule has 1 aromatic carbocycles. The lowest BCUT2D eigenvalue weighted by molar-refractivity contribution is -0.124. The second kappa shape index (κ2) is 9.92. The molecule has 0 fully saturated rings. The first-order chi connectivity index (χ1) is 12.0. The summed E-state index contributed by atoms with van der Waals surface area (Å²) in [6.07, 6.45) is 3.97.